The lowest BCUT2D eigenvalue weighted by Gasteiger charge is -2.56. The van der Waals surface area contributed by atoms with Crippen LogP contribution in [0.25, 0.3) is 5.69 Å². The topological polar surface area (TPSA) is 126 Å². The fraction of sp³-hybridized carbons (Fsp3) is 0.556. The van der Waals surface area contributed by atoms with Gasteiger partial charge in [0.15, 0.2) is 0 Å². The molecule has 0 atom stereocenters. The molecule has 1 heterocycles. The molecule has 35 heavy (non-hydrogen) atoms. The number of hydrogen-bond donors (Lipinski definition) is 3. The number of hydrogen-bond acceptors (Lipinski definition) is 5. The van der Waals surface area contributed by atoms with E-state index < -0.39 is 0 Å². The molecule has 0 saturated heterocycles. The second-order valence-electron chi connectivity index (χ2n) is 10.9. The van der Waals surface area contributed by atoms with E-state index in [2.05, 4.69) is 21.8 Å². The average molecular weight is 475 g/mol. The number of nitrogens with two attached hydrogens (primary N) is 1. The van der Waals surface area contributed by atoms with Gasteiger partial charge in [0.25, 0.3) is 0 Å². The van der Waals surface area contributed by atoms with Crippen LogP contribution in [0.4, 0.5) is 5.82 Å². The van der Waals surface area contributed by atoms with E-state index in [1.165, 1.54) is 38.5 Å². The van der Waals surface area contributed by atoms with Crippen LogP contribution in [0.5, 0.6) is 0 Å². The minimum absolute atomic E-state index is 0.00249. The molecule has 6 rings (SSSR count). The van der Waals surface area contributed by atoms with Crippen molar-refractivity contribution < 1.29 is 9.59 Å². The summed E-state index contributed by atoms with van der Waals surface area (Å²) >= 11 is 0. The Morgan fingerprint density at radius 1 is 1.06 bits per heavy atom. The summed E-state index contributed by atoms with van der Waals surface area (Å²) < 4.78 is 1.58. The number of aromatic nitrogens is 2. The lowest BCUT2D eigenvalue weighted by atomic mass is 9.49. The van der Waals surface area contributed by atoms with Crippen LogP contribution in [0.15, 0.2) is 30.3 Å². The molecule has 2 amide bonds. The van der Waals surface area contributed by atoms with Crippen molar-refractivity contribution in [3.05, 3.63) is 41.6 Å². The Kier molecular flexibility index (Phi) is 6.50. The number of amides is 2. The normalized spacial score (nSPS) is 26.3. The second-order valence-corrected chi connectivity index (χ2v) is 10.9. The maximum atomic E-state index is 12.6. The summed E-state index contributed by atoms with van der Waals surface area (Å²) in [6.45, 7) is 0.441. The third-order valence-electron chi connectivity index (χ3n) is 8.17. The summed E-state index contributed by atoms with van der Waals surface area (Å²) in [6.07, 6.45) is 9.34. The standard InChI is InChI=1S/C27H34N6O2/c28-16-22-23(32-33(26(22)29)21-5-2-1-3-6-21)7-4-8-30-25(35)17-31-24(34)15-27-12-18-9-19(13-27)11-20(10-18)14-27/h1-3,5-6,18-20H,4,7-15,17,29H2,(H,30,35)(H,31,34). The summed E-state index contributed by atoms with van der Waals surface area (Å²) in [5.41, 5.74) is 8.11. The van der Waals surface area contributed by atoms with Crippen molar-refractivity contribution in [3.8, 4) is 11.8 Å². The first-order valence-corrected chi connectivity index (χ1v) is 12.8. The van der Waals surface area contributed by atoms with Crippen molar-refractivity contribution in [2.75, 3.05) is 18.8 Å². The molecule has 0 unspecified atom stereocenters. The van der Waals surface area contributed by atoms with Gasteiger partial charge in [0, 0.05) is 13.0 Å². The minimum atomic E-state index is -0.196. The molecule has 8 heteroatoms. The van der Waals surface area contributed by atoms with Gasteiger partial charge in [-0.15, -0.1) is 0 Å². The molecule has 4 N–H and O–H groups in total. The first-order valence-electron chi connectivity index (χ1n) is 12.8. The zero-order valence-corrected chi connectivity index (χ0v) is 20.1. The van der Waals surface area contributed by atoms with Gasteiger partial charge in [0.05, 0.1) is 17.9 Å². The van der Waals surface area contributed by atoms with E-state index >= 15 is 0 Å². The maximum absolute atomic E-state index is 12.6. The zero-order chi connectivity index (χ0) is 24.4. The molecule has 4 bridgehead atoms. The molecule has 4 fully saturated rings. The monoisotopic (exact) mass is 474 g/mol. The van der Waals surface area contributed by atoms with Crippen LogP contribution in [0.1, 0.15) is 62.6 Å². The Bertz CT molecular complexity index is 1100. The van der Waals surface area contributed by atoms with Crippen LogP contribution in [0.2, 0.25) is 0 Å². The molecule has 0 radical (unpaired) electrons. The second kappa shape index (κ2) is 9.73. The van der Waals surface area contributed by atoms with E-state index in [-0.39, 0.29) is 23.8 Å². The predicted molar refractivity (Wildman–Crippen MR) is 132 cm³/mol. The highest BCUT2D eigenvalue weighted by molar-refractivity contribution is 5.84. The smallest absolute Gasteiger partial charge is 0.239 e. The molecule has 8 nitrogen and oxygen atoms in total. The molecule has 2 aromatic rings. The van der Waals surface area contributed by atoms with Gasteiger partial charge in [0.1, 0.15) is 17.5 Å². The Morgan fingerprint density at radius 3 is 2.34 bits per heavy atom. The number of nitrogens with zero attached hydrogens (tertiary/aromatic N) is 3. The number of carbonyl (C=O) groups is 2. The van der Waals surface area contributed by atoms with Gasteiger partial charge >= 0.3 is 0 Å². The first-order chi connectivity index (χ1) is 16.9. The molecule has 4 aliphatic rings. The fourth-order valence-corrected chi connectivity index (χ4v) is 7.18. The van der Waals surface area contributed by atoms with Gasteiger partial charge in [-0.25, -0.2) is 4.68 Å². The fourth-order valence-electron chi connectivity index (χ4n) is 7.18. The third kappa shape index (κ3) is 5.04. The number of anilines is 1. The van der Waals surface area contributed by atoms with E-state index in [0.717, 1.165) is 23.4 Å². The van der Waals surface area contributed by atoms with Gasteiger partial charge in [-0.1, -0.05) is 18.2 Å². The van der Waals surface area contributed by atoms with E-state index in [0.29, 0.717) is 42.9 Å². The number of carbonyl (C=O) groups excluding carboxylic acids is 2. The molecule has 0 aliphatic heterocycles. The van der Waals surface area contributed by atoms with Crippen LogP contribution in [0.3, 0.4) is 0 Å². The Balaban J connectivity index is 1.05. The number of aryl methyl sites for hydroxylation is 1. The van der Waals surface area contributed by atoms with Crippen LogP contribution in [-0.4, -0.2) is 34.7 Å². The van der Waals surface area contributed by atoms with Gasteiger partial charge in [0.2, 0.25) is 11.8 Å². The summed E-state index contributed by atoms with van der Waals surface area (Å²) in [6, 6.07) is 11.6. The third-order valence-corrected chi connectivity index (χ3v) is 8.17. The summed E-state index contributed by atoms with van der Waals surface area (Å²) in [5, 5.41) is 19.7. The van der Waals surface area contributed by atoms with Crippen molar-refractivity contribution in [2.24, 2.45) is 23.2 Å². The SMILES string of the molecule is N#Cc1c(CCCNC(=O)CNC(=O)CC23CC4CC(CC(C4)C2)C3)nn(-c2ccccc2)c1N. The number of nitriles is 1. The van der Waals surface area contributed by atoms with Crippen LogP contribution in [-0.2, 0) is 16.0 Å². The van der Waals surface area contributed by atoms with Gasteiger partial charge in [-0.2, -0.15) is 10.4 Å². The van der Waals surface area contributed by atoms with Gasteiger partial charge < -0.3 is 16.4 Å². The molecule has 4 aliphatic carbocycles. The average Bonchev–Trinajstić information content (AvgIpc) is 3.15. The number of benzene rings is 1. The molecule has 1 aromatic carbocycles. The first kappa shape index (κ1) is 23.4. The molecular weight excluding hydrogens is 440 g/mol. The van der Waals surface area contributed by atoms with Crippen molar-refractivity contribution in [1.29, 1.82) is 5.26 Å². The molecule has 184 valence electrons. The quantitative estimate of drug-likeness (QED) is 0.482. The molecule has 0 spiro atoms. The highest BCUT2D eigenvalue weighted by atomic mass is 16.2. The zero-order valence-electron chi connectivity index (χ0n) is 20.1. The van der Waals surface area contributed by atoms with E-state index in [9.17, 15) is 14.9 Å². The number of rotatable bonds is 9. The minimum Gasteiger partial charge on any atom is -0.382 e. The molecule has 4 saturated carbocycles. The van der Waals surface area contributed by atoms with Crippen molar-refractivity contribution in [3.63, 3.8) is 0 Å². The highest BCUT2D eigenvalue weighted by Crippen LogP contribution is 2.61. The van der Waals surface area contributed by atoms with E-state index in [1.807, 2.05) is 30.3 Å². The molecule has 1 aromatic heterocycles. The lowest BCUT2D eigenvalue weighted by Crippen LogP contribution is -2.48. The van der Waals surface area contributed by atoms with Crippen LogP contribution >= 0.6 is 0 Å². The van der Waals surface area contributed by atoms with E-state index in [1.54, 1.807) is 4.68 Å². The predicted octanol–water partition coefficient (Wildman–Crippen LogP) is 3.10. The number of para-hydroxylation sites is 1. The Morgan fingerprint density at radius 2 is 1.71 bits per heavy atom. The maximum Gasteiger partial charge on any atom is 0.239 e. The van der Waals surface area contributed by atoms with Gasteiger partial charge in [-0.05, 0) is 86.7 Å². The lowest BCUT2D eigenvalue weighted by molar-refractivity contribution is -0.131. The number of nitrogen functional groups attached to an aromatic ring is 1. The Labute approximate surface area is 206 Å². The van der Waals surface area contributed by atoms with Gasteiger partial charge in [-0.3, -0.25) is 9.59 Å². The summed E-state index contributed by atoms with van der Waals surface area (Å²) in [5.74, 6) is 2.57. The molecular formula is C27H34N6O2. The summed E-state index contributed by atoms with van der Waals surface area (Å²) in [7, 11) is 0. The number of nitrogens with one attached hydrogen (secondary N) is 2. The van der Waals surface area contributed by atoms with Crippen molar-refractivity contribution >= 4 is 17.6 Å². The largest absolute Gasteiger partial charge is 0.382 e. The summed E-state index contributed by atoms with van der Waals surface area (Å²) in [4.78, 5) is 24.9. The van der Waals surface area contributed by atoms with Crippen LogP contribution < -0.4 is 16.4 Å². The Hall–Kier alpha value is -3.34. The highest BCUT2D eigenvalue weighted by Gasteiger charge is 2.51. The van der Waals surface area contributed by atoms with E-state index in [4.69, 9.17) is 5.73 Å². The van der Waals surface area contributed by atoms with Crippen molar-refractivity contribution in [1.82, 2.24) is 20.4 Å². The van der Waals surface area contributed by atoms with Crippen molar-refractivity contribution in [2.45, 2.75) is 57.8 Å². The van der Waals surface area contributed by atoms with Crippen LogP contribution in [0, 0.1) is 34.5 Å².